The molecule has 0 unspecified atom stereocenters. The summed E-state index contributed by atoms with van der Waals surface area (Å²) in [6.45, 7) is 16.0. The van der Waals surface area contributed by atoms with Gasteiger partial charge in [0, 0.05) is 38.0 Å². The Kier molecular flexibility index (Phi) is 35.0. The molecule has 0 bridgehead atoms. The molecular formula is C63H90N4O19. The number of hydrogen-bond acceptors (Lipinski definition) is 19. The van der Waals surface area contributed by atoms with Crippen molar-refractivity contribution in [2.24, 2.45) is 5.73 Å². The van der Waals surface area contributed by atoms with Crippen molar-refractivity contribution in [3.63, 3.8) is 0 Å². The van der Waals surface area contributed by atoms with Gasteiger partial charge in [0.2, 0.25) is 5.91 Å². The van der Waals surface area contributed by atoms with Gasteiger partial charge in [0.1, 0.15) is 50.8 Å². The van der Waals surface area contributed by atoms with E-state index in [1.807, 2.05) is 69.3 Å². The number of carboxylic acid groups (broad SMARTS) is 1. The summed E-state index contributed by atoms with van der Waals surface area (Å²) in [5.74, 6) is -2.20. The fourth-order valence-electron chi connectivity index (χ4n) is 8.31. The van der Waals surface area contributed by atoms with Crippen molar-refractivity contribution < 1.29 is 90.7 Å². The molecule has 6 N–H and O–H groups in total. The topological polar surface area (TPSA) is 296 Å². The lowest BCUT2D eigenvalue weighted by Gasteiger charge is -2.19. The summed E-state index contributed by atoms with van der Waals surface area (Å²) < 4.78 is 62.7. The zero-order valence-electron chi connectivity index (χ0n) is 49.8. The van der Waals surface area contributed by atoms with E-state index in [9.17, 15) is 28.8 Å². The number of carboxylic acids is 1. The Morgan fingerprint density at radius 3 is 1.06 bits per heavy atom. The summed E-state index contributed by atoms with van der Waals surface area (Å²) >= 11 is 0. The fourth-order valence-corrected chi connectivity index (χ4v) is 8.31. The first-order valence-electron chi connectivity index (χ1n) is 28.3. The molecule has 0 fully saturated rings. The van der Waals surface area contributed by atoms with Crippen LogP contribution in [0.2, 0.25) is 0 Å². The van der Waals surface area contributed by atoms with Crippen molar-refractivity contribution in [3.8, 4) is 22.3 Å². The van der Waals surface area contributed by atoms with Crippen LogP contribution < -0.4 is 21.7 Å². The van der Waals surface area contributed by atoms with E-state index in [4.69, 9.17) is 67.7 Å². The summed E-state index contributed by atoms with van der Waals surface area (Å²) in [5.41, 5.74) is 13.6. The number of carbonyl (C=O) groups is 6. The first-order chi connectivity index (χ1) is 40.9. The van der Waals surface area contributed by atoms with Gasteiger partial charge in [-0.25, -0.2) is 24.0 Å². The van der Waals surface area contributed by atoms with E-state index in [1.165, 1.54) is 22.3 Å². The molecule has 86 heavy (non-hydrogen) atoms. The van der Waals surface area contributed by atoms with E-state index < -0.39 is 41.3 Å². The van der Waals surface area contributed by atoms with Crippen LogP contribution in [0.5, 0.6) is 0 Å². The third-order valence-electron chi connectivity index (χ3n) is 11.8. The minimum Gasteiger partial charge on any atom is -0.480 e. The highest BCUT2D eigenvalue weighted by molar-refractivity contribution is 5.81. The number of nitrogens with one attached hydrogen (secondary N) is 3. The van der Waals surface area contributed by atoms with Gasteiger partial charge in [0.25, 0.3) is 0 Å². The van der Waals surface area contributed by atoms with E-state index >= 15 is 0 Å². The Morgan fingerprint density at radius 1 is 0.419 bits per heavy atom. The average molecular weight is 1210 g/mol. The Bertz CT molecular complexity index is 2550. The van der Waals surface area contributed by atoms with Crippen LogP contribution in [-0.2, 0) is 76.0 Å². The second kappa shape index (κ2) is 41.1. The third-order valence-corrected chi connectivity index (χ3v) is 11.8. The minimum absolute atomic E-state index is 0. The smallest absolute Gasteiger partial charge is 0.407 e. The Balaban J connectivity index is 0.000000374. The van der Waals surface area contributed by atoms with Crippen molar-refractivity contribution >= 4 is 36.0 Å². The van der Waals surface area contributed by atoms with Gasteiger partial charge in [0.15, 0.2) is 0 Å². The molecule has 0 saturated heterocycles. The number of benzene rings is 4. The summed E-state index contributed by atoms with van der Waals surface area (Å²) in [4.78, 5) is 68.9. The van der Waals surface area contributed by atoms with Crippen LogP contribution in [0.15, 0.2) is 97.1 Å². The van der Waals surface area contributed by atoms with Gasteiger partial charge >= 0.3 is 30.1 Å². The molecule has 0 atom stereocenters. The lowest BCUT2D eigenvalue weighted by atomic mass is 9.98. The maximum Gasteiger partial charge on any atom is 0.407 e. The lowest BCUT2D eigenvalue weighted by Crippen LogP contribution is -2.34. The maximum atomic E-state index is 12.2. The molecule has 0 aromatic heterocycles. The van der Waals surface area contributed by atoms with E-state index in [2.05, 4.69) is 64.5 Å². The van der Waals surface area contributed by atoms with E-state index in [0.717, 1.165) is 22.3 Å². The maximum absolute atomic E-state index is 12.2. The Morgan fingerprint density at radius 2 is 0.721 bits per heavy atom. The molecule has 23 nitrogen and oxygen atoms in total. The summed E-state index contributed by atoms with van der Waals surface area (Å²) in [6.07, 6.45) is -0.913. The van der Waals surface area contributed by atoms with Gasteiger partial charge in [-0.15, -0.1) is 0 Å². The van der Waals surface area contributed by atoms with Crippen LogP contribution in [0.25, 0.3) is 22.3 Å². The van der Waals surface area contributed by atoms with Crippen molar-refractivity contribution in [1.29, 1.82) is 0 Å². The van der Waals surface area contributed by atoms with Crippen LogP contribution in [0.4, 0.5) is 9.59 Å². The van der Waals surface area contributed by atoms with Crippen LogP contribution in [0.3, 0.4) is 0 Å². The first-order valence-corrected chi connectivity index (χ1v) is 28.3. The van der Waals surface area contributed by atoms with Gasteiger partial charge in [-0.2, -0.15) is 0 Å². The molecule has 23 heteroatoms. The largest absolute Gasteiger partial charge is 0.480 e. The van der Waals surface area contributed by atoms with E-state index in [-0.39, 0.29) is 91.2 Å². The number of aliphatic carboxylic acids is 1. The fraction of sp³-hybridized carbons (Fsp3) is 0.524. The number of fused-ring (bicyclic) bond motifs is 6. The highest BCUT2D eigenvalue weighted by Gasteiger charge is 2.30. The molecule has 0 spiro atoms. The Hall–Kier alpha value is -7.06. The van der Waals surface area contributed by atoms with Gasteiger partial charge in [-0.05, 0) is 86.1 Å². The van der Waals surface area contributed by atoms with Crippen LogP contribution in [-0.4, -0.2) is 197 Å². The van der Waals surface area contributed by atoms with E-state index in [1.54, 1.807) is 20.8 Å². The number of esters is 2. The molecule has 2 aliphatic rings. The third kappa shape index (κ3) is 29.8. The molecule has 0 saturated carbocycles. The first kappa shape index (κ1) is 73.2. The van der Waals surface area contributed by atoms with Gasteiger partial charge in [-0.1, -0.05) is 104 Å². The second-order valence-corrected chi connectivity index (χ2v) is 20.9. The van der Waals surface area contributed by atoms with Gasteiger partial charge in [0.05, 0.1) is 79.3 Å². The molecule has 476 valence electrons. The van der Waals surface area contributed by atoms with Crippen molar-refractivity contribution in [2.75, 3.05) is 145 Å². The highest BCUT2D eigenvalue weighted by Crippen LogP contribution is 2.45. The number of ether oxygens (including phenoxy) is 12. The molecule has 3 amide bonds. The minimum atomic E-state index is -1.04. The quantitative estimate of drug-likeness (QED) is 0.0183. The Labute approximate surface area is 505 Å². The summed E-state index contributed by atoms with van der Waals surface area (Å²) in [5, 5.41) is 16.3. The number of nitrogens with two attached hydrogens (primary N) is 1. The van der Waals surface area contributed by atoms with Crippen molar-refractivity contribution in [3.05, 3.63) is 119 Å². The molecule has 2 aliphatic carbocycles. The van der Waals surface area contributed by atoms with E-state index in [0.29, 0.717) is 79.0 Å². The molecule has 6 rings (SSSR count). The summed E-state index contributed by atoms with van der Waals surface area (Å²) in [6, 6.07) is 32.6. The van der Waals surface area contributed by atoms with Gasteiger partial charge in [-0.3, -0.25) is 4.79 Å². The molecule has 0 radical (unpaired) electrons. The second-order valence-electron chi connectivity index (χ2n) is 20.9. The molecule has 0 aliphatic heterocycles. The van der Waals surface area contributed by atoms with Crippen LogP contribution in [0, 0.1) is 0 Å². The number of amides is 3. The predicted molar refractivity (Wildman–Crippen MR) is 321 cm³/mol. The number of hydrogen-bond donors (Lipinski definition) is 5. The monoisotopic (exact) mass is 1210 g/mol. The lowest BCUT2D eigenvalue weighted by molar-refractivity contribution is -0.151. The zero-order chi connectivity index (χ0) is 61.7. The number of carbonyl (C=O) groups excluding carboxylic acids is 5. The molecule has 4 aromatic rings. The number of rotatable bonds is 35. The van der Waals surface area contributed by atoms with Gasteiger partial charge < -0.3 is 83.6 Å². The normalized spacial score (nSPS) is 12.0. The van der Waals surface area contributed by atoms with Crippen LogP contribution >= 0.6 is 0 Å². The molecule has 0 heterocycles. The van der Waals surface area contributed by atoms with Crippen molar-refractivity contribution in [1.82, 2.24) is 16.0 Å². The summed E-state index contributed by atoms with van der Waals surface area (Å²) in [7, 11) is 0. The number of alkyl carbamates (subject to hydrolysis) is 2. The average Bonchev–Trinajstić information content (AvgIpc) is 2.94. The molecular weight excluding hydrogens is 1120 g/mol. The molecule has 4 aromatic carbocycles. The standard InChI is InChI=1S/C31H42N2O9.C20H20O6.C11H24N2O4.CH4/c1-31(2,3)42-30(36)33-13-15-38-17-16-37-14-12-32-28(34)21-39-18-19-40-22-29(35)41-20-27-25-10-6-4-8-23(25)24-9-5-7-11-26(24)27;21-19(22)12-24-9-10-25-13-20(23)26-11-18-16-7-3-1-5-14(16)15-6-2-4-8-17(15)18;1-11(2,3)17-10(14)13-5-7-16-9-8-15-6-4-12;/h4-11,27H,12-22H2,1-3H3,(H,32,34)(H,33,36);1-8,18H,9-13H2,(H,21,22);4-9,12H2,1-3H3,(H,13,14);1H4. The van der Waals surface area contributed by atoms with Crippen LogP contribution in [0.1, 0.15) is 83.1 Å². The van der Waals surface area contributed by atoms with Crippen molar-refractivity contribution in [2.45, 2.75) is 72.0 Å². The zero-order valence-corrected chi connectivity index (χ0v) is 49.8. The predicted octanol–water partition coefficient (Wildman–Crippen LogP) is 6.65. The SMILES string of the molecule is C.CC(C)(C)OC(=O)NCCOCCOCCN.CC(C)(C)OC(=O)NCCOCCOCCNC(=O)COCCOCC(=O)OCC1c2ccccc2-c2ccccc21.O=C(O)COCCOCC(=O)OCC1c2ccccc2-c2ccccc21. The highest BCUT2D eigenvalue weighted by atomic mass is 16.6.